The van der Waals surface area contributed by atoms with Crippen molar-refractivity contribution >= 4 is 21.9 Å². The molecule has 21 heavy (non-hydrogen) atoms. The molecule has 2 rings (SSSR count). The maximum atomic E-state index is 12.1. The second kappa shape index (κ2) is 7.96. The van der Waals surface area contributed by atoms with Crippen molar-refractivity contribution in [3.05, 3.63) is 70.2 Å². The Morgan fingerprint density at radius 1 is 1.10 bits per heavy atom. The summed E-state index contributed by atoms with van der Waals surface area (Å²) in [5.41, 5.74) is 1.80. The standard InChI is InChI=1S/C17H17BrO3/c1-2-20-17(19)16(14-6-4-3-5-7-14)21-12-13-8-10-15(18)11-9-13/h3-11,16H,2,12H2,1H3. The Bertz CT molecular complexity index is 566. The molecule has 1 atom stereocenters. The van der Waals surface area contributed by atoms with Gasteiger partial charge in [0.2, 0.25) is 0 Å². The van der Waals surface area contributed by atoms with Gasteiger partial charge in [-0.15, -0.1) is 0 Å². The number of halogens is 1. The van der Waals surface area contributed by atoms with Gasteiger partial charge in [-0.05, 0) is 30.2 Å². The fourth-order valence-corrected chi connectivity index (χ4v) is 2.17. The summed E-state index contributed by atoms with van der Waals surface area (Å²) < 4.78 is 11.9. The van der Waals surface area contributed by atoms with E-state index < -0.39 is 6.10 Å². The molecule has 0 spiro atoms. The molecule has 0 N–H and O–H groups in total. The number of rotatable bonds is 6. The second-order valence-corrected chi connectivity index (χ2v) is 5.40. The zero-order valence-corrected chi connectivity index (χ0v) is 13.4. The summed E-state index contributed by atoms with van der Waals surface area (Å²) in [5, 5.41) is 0. The molecule has 0 radical (unpaired) electrons. The molecule has 0 saturated heterocycles. The summed E-state index contributed by atoms with van der Waals surface area (Å²) in [7, 11) is 0. The molecule has 0 fully saturated rings. The Morgan fingerprint density at radius 2 is 1.76 bits per heavy atom. The van der Waals surface area contributed by atoms with Crippen molar-refractivity contribution in [2.45, 2.75) is 19.6 Å². The first-order valence-electron chi connectivity index (χ1n) is 6.78. The molecule has 0 aliphatic carbocycles. The number of hydrogen-bond donors (Lipinski definition) is 0. The molecule has 0 heterocycles. The fraction of sp³-hybridized carbons (Fsp3) is 0.235. The van der Waals surface area contributed by atoms with E-state index in [1.807, 2.05) is 54.6 Å². The Hall–Kier alpha value is -1.65. The first kappa shape index (κ1) is 15.7. The molecule has 0 aromatic heterocycles. The van der Waals surface area contributed by atoms with E-state index in [0.29, 0.717) is 13.2 Å². The molecule has 1 unspecified atom stereocenters. The van der Waals surface area contributed by atoms with Crippen LogP contribution < -0.4 is 0 Å². The van der Waals surface area contributed by atoms with Crippen LogP contribution in [0.3, 0.4) is 0 Å². The minimum Gasteiger partial charge on any atom is -0.464 e. The minimum atomic E-state index is -0.699. The Labute approximate surface area is 133 Å². The molecule has 2 aromatic rings. The van der Waals surface area contributed by atoms with E-state index in [1.165, 1.54) is 0 Å². The van der Waals surface area contributed by atoms with Crippen LogP contribution >= 0.6 is 15.9 Å². The highest BCUT2D eigenvalue weighted by atomic mass is 79.9. The van der Waals surface area contributed by atoms with Crippen molar-refractivity contribution in [2.24, 2.45) is 0 Å². The largest absolute Gasteiger partial charge is 0.464 e. The van der Waals surface area contributed by atoms with E-state index in [-0.39, 0.29) is 5.97 Å². The van der Waals surface area contributed by atoms with Gasteiger partial charge >= 0.3 is 5.97 Å². The van der Waals surface area contributed by atoms with Crippen LogP contribution in [-0.4, -0.2) is 12.6 Å². The summed E-state index contributed by atoms with van der Waals surface area (Å²) in [6.45, 7) is 2.48. The molecular weight excluding hydrogens is 332 g/mol. The SMILES string of the molecule is CCOC(=O)C(OCc1ccc(Br)cc1)c1ccccc1. The van der Waals surface area contributed by atoms with E-state index in [2.05, 4.69) is 15.9 Å². The highest BCUT2D eigenvalue weighted by Crippen LogP contribution is 2.21. The summed E-state index contributed by atoms with van der Waals surface area (Å²) in [6.07, 6.45) is -0.699. The lowest BCUT2D eigenvalue weighted by atomic mass is 10.1. The number of esters is 1. The van der Waals surface area contributed by atoms with Crippen LogP contribution in [0.2, 0.25) is 0 Å². The molecule has 2 aromatic carbocycles. The van der Waals surface area contributed by atoms with Crippen LogP contribution in [0.1, 0.15) is 24.2 Å². The molecule has 110 valence electrons. The van der Waals surface area contributed by atoms with Crippen LogP contribution in [0.5, 0.6) is 0 Å². The lowest BCUT2D eigenvalue weighted by Crippen LogP contribution is -2.19. The van der Waals surface area contributed by atoms with Gasteiger partial charge in [-0.3, -0.25) is 0 Å². The van der Waals surface area contributed by atoms with E-state index >= 15 is 0 Å². The van der Waals surface area contributed by atoms with Gasteiger partial charge in [0.05, 0.1) is 13.2 Å². The highest BCUT2D eigenvalue weighted by Gasteiger charge is 2.22. The predicted octanol–water partition coefficient (Wildman–Crippen LogP) is 4.27. The van der Waals surface area contributed by atoms with Crippen molar-refractivity contribution in [1.82, 2.24) is 0 Å². The molecular formula is C17H17BrO3. The van der Waals surface area contributed by atoms with Crippen LogP contribution in [0.4, 0.5) is 0 Å². The average molecular weight is 349 g/mol. The Kier molecular flexibility index (Phi) is 5.96. The smallest absolute Gasteiger partial charge is 0.339 e. The zero-order chi connectivity index (χ0) is 15.1. The third kappa shape index (κ3) is 4.69. The molecule has 0 aliphatic rings. The van der Waals surface area contributed by atoms with Gasteiger partial charge in [-0.2, -0.15) is 0 Å². The Morgan fingerprint density at radius 3 is 2.38 bits per heavy atom. The first-order valence-corrected chi connectivity index (χ1v) is 7.57. The maximum absolute atomic E-state index is 12.1. The van der Waals surface area contributed by atoms with Gasteiger partial charge in [0.25, 0.3) is 0 Å². The van der Waals surface area contributed by atoms with Crippen LogP contribution in [0, 0.1) is 0 Å². The summed E-state index contributed by atoms with van der Waals surface area (Å²) in [6, 6.07) is 17.2. The molecule has 3 nitrogen and oxygen atoms in total. The quantitative estimate of drug-likeness (QED) is 0.731. The number of ether oxygens (including phenoxy) is 2. The summed E-state index contributed by atoms with van der Waals surface area (Å²) >= 11 is 3.39. The van der Waals surface area contributed by atoms with Gasteiger partial charge < -0.3 is 9.47 Å². The summed E-state index contributed by atoms with van der Waals surface area (Å²) in [5.74, 6) is -0.360. The fourth-order valence-electron chi connectivity index (χ4n) is 1.91. The molecule has 0 aliphatic heterocycles. The molecule has 0 amide bonds. The average Bonchev–Trinajstić information content (AvgIpc) is 2.51. The Balaban J connectivity index is 2.09. The van der Waals surface area contributed by atoms with Crippen LogP contribution in [0.15, 0.2) is 59.1 Å². The number of carbonyl (C=O) groups excluding carboxylic acids is 1. The number of benzene rings is 2. The van der Waals surface area contributed by atoms with Crippen LogP contribution in [-0.2, 0) is 20.9 Å². The topological polar surface area (TPSA) is 35.5 Å². The first-order chi connectivity index (χ1) is 10.2. The van der Waals surface area contributed by atoms with Gasteiger partial charge in [0.1, 0.15) is 0 Å². The van der Waals surface area contributed by atoms with E-state index in [1.54, 1.807) is 6.92 Å². The summed E-state index contributed by atoms with van der Waals surface area (Å²) in [4.78, 5) is 12.1. The van der Waals surface area contributed by atoms with Crippen molar-refractivity contribution in [3.8, 4) is 0 Å². The second-order valence-electron chi connectivity index (χ2n) is 4.48. The van der Waals surface area contributed by atoms with Crippen molar-refractivity contribution in [2.75, 3.05) is 6.61 Å². The van der Waals surface area contributed by atoms with Gasteiger partial charge in [-0.1, -0.05) is 58.4 Å². The zero-order valence-electron chi connectivity index (χ0n) is 11.8. The third-order valence-electron chi connectivity index (χ3n) is 2.93. The van der Waals surface area contributed by atoms with Crippen molar-refractivity contribution < 1.29 is 14.3 Å². The molecule has 0 saturated carbocycles. The molecule has 0 bridgehead atoms. The van der Waals surface area contributed by atoms with Crippen molar-refractivity contribution in [1.29, 1.82) is 0 Å². The highest BCUT2D eigenvalue weighted by molar-refractivity contribution is 9.10. The van der Waals surface area contributed by atoms with E-state index in [0.717, 1.165) is 15.6 Å². The van der Waals surface area contributed by atoms with Gasteiger partial charge in [0.15, 0.2) is 6.10 Å². The number of hydrogen-bond acceptors (Lipinski definition) is 3. The van der Waals surface area contributed by atoms with Gasteiger partial charge in [-0.25, -0.2) is 4.79 Å². The van der Waals surface area contributed by atoms with Crippen LogP contribution in [0.25, 0.3) is 0 Å². The predicted molar refractivity (Wildman–Crippen MR) is 84.7 cm³/mol. The monoisotopic (exact) mass is 348 g/mol. The normalized spacial score (nSPS) is 11.9. The van der Waals surface area contributed by atoms with Crippen molar-refractivity contribution in [3.63, 3.8) is 0 Å². The minimum absolute atomic E-state index is 0.337. The maximum Gasteiger partial charge on any atom is 0.339 e. The van der Waals surface area contributed by atoms with E-state index in [9.17, 15) is 4.79 Å². The lowest BCUT2D eigenvalue weighted by molar-refractivity contribution is -0.158. The van der Waals surface area contributed by atoms with E-state index in [4.69, 9.17) is 9.47 Å². The third-order valence-corrected chi connectivity index (χ3v) is 3.46. The van der Waals surface area contributed by atoms with Gasteiger partial charge in [0, 0.05) is 4.47 Å². The lowest BCUT2D eigenvalue weighted by Gasteiger charge is -2.17. The molecule has 4 heteroatoms. The number of carbonyl (C=O) groups is 1.